The monoisotopic (exact) mass is 1540 g/mol. The summed E-state index contributed by atoms with van der Waals surface area (Å²) in [7, 11) is 0. The fourth-order valence-corrected chi connectivity index (χ4v) is 13.5. The Kier molecular flexibility index (Phi) is 37.2. The number of unbranched alkanes of at least 4 members (excludes halogenated alkanes) is 14. The summed E-state index contributed by atoms with van der Waals surface area (Å²) in [5.41, 5.74) is -2.10. The summed E-state index contributed by atoms with van der Waals surface area (Å²) in [6.45, 7) is -1.49. The van der Waals surface area contributed by atoms with Crippen molar-refractivity contribution in [2.75, 3.05) is 46.2 Å². The number of aldehydes is 1. The molecule has 106 heavy (non-hydrogen) atoms. The van der Waals surface area contributed by atoms with Crippen LogP contribution in [0.4, 0.5) is 17.6 Å². The van der Waals surface area contributed by atoms with Gasteiger partial charge in [0.25, 0.3) is 0 Å². The molecule has 5 aliphatic heterocycles. The molecule has 5 heterocycles. The highest BCUT2D eigenvalue weighted by Gasteiger charge is 2.60. The van der Waals surface area contributed by atoms with E-state index in [1.54, 1.807) is 0 Å². The lowest BCUT2D eigenvalue weighted by Gasteiger charge is -2.52. The summed E-state index contributed by atoms with van der Waals surface area (Å²) < 4.78 is 117. The van der Waals surface area contributed by atoms with Crippen LogP contribution in [0.5, 0.6) is 0 Å². The Morgan fingerprint density at radius 3 is 1.67 bits per heavy atom. The lowest BCUT2D eigenvalue weighted by molar-refractivity contribution is -0.400. The summed E-state index contributed by atoms with van der Waals surface area (Å²) in [4.78, 5) is 52.4. The topological polar surface area (TPSA) is 520 Å². The maximum Gasteiger partial charge on any atom is 0.416 e. The second-order valence-electron chi connectivity index (χ2n) is 27.8. The zero-order valence-corrected chi connectivity index (χ0v) is 59.8. The number of carbonyl (C=O) groups is 4. The predicted octanol–water partition coefficient (Wildman–Crippen LogP) is -2.76. The second-order valence-corrected chi connectivity index (χ2v) is 27.8. The van der Waals surface area contributed by atoms with Gasteiger partial charge >= 0.3 is 6.18 Å². The fraction of sp³-hybridized carbons (Fsp3) is 0.826. The van der Waals surface area contributed by atoms with Crippen molar-refractivity contribution in [1.29, 1.82) is 0 Å². The largest absolute Gasteiger partial charge is 0.416 e. The number of halogens is 4. The lowest BCUT2D eigenvalue weighted by Crippen LogP contribution is -2.71. The van der Waals surface area contributed by atoms with E-state index < -0.39 is 264 Å². The second kappa shape index (κ2) is 43.5. The smallest absolute Gasteiger partial charge is 0.394 e. The van der Waals surface area contributed by atoms with Gasteiger partial charge in [-0.3, -0.25) is 19.2 Å². The molecule has 5 aliphatic rings. The number of aliphatic hydroxyl groups excluding tert-OH is 16. The number of aliphatic hydroxyl groups is 16. The van der Waals surface area contributed by atoms with Gasteiger partial charge in [0.15, 0.2) is 31.4 Å². The summed E-state index contributed by atoms with van der Waals surface area (Å²) >= 11 is 0. The van der Waals surface area contributed by atoms with Crippen LogP contribution in [0.25, 0.3) is 6.08 Å². The molecule has 0 aliphatic carbocycles. The Hall–Kier alpha value is -4.28. The van der Waals surface area contributed by atoms with Crippen molar-refractivity contribution in [2.24, 2.45) is 5.92 Å². The summed E-state index contributed by atoms with van der Waals surface area (Å²) in [5, 5.41) is 185. The Bertz CT molecular complexity index is 2840. The van der Waals surface area contributed by atoms with Gasteiger partial charge in [-0.25, -0.2) is 4.39 Å². The van der Waals surface area contributed by atoms with Crippen molar-refractivity contribution in [3.8, 4) is 0 Å². The van der Waals surface area contributed by atoms with E-state index in [2.05, 4.69) is 22.9 Å². The molecule has 5 fully saturated rings. The molecule has 19 N–H and O–H groups in total. The SMILES string of the molecule is CCCCCCCCCCCCCCCCCC(=O)NC[C@@H](CO[C@@H]1OC(CO)[C@@H](O[C@@H]2OC(CO)[C@H](O[C@@H]3OC(CO)[C@H](O)C(O[C@@H]4OC(CO)[C@H](O)C(O)C4O)C3NC(C)=O)C(O[C@]3(C=O)CC(O)[C@@H](NC(C)=O)C([C@H](O)[C@H](O)CO)O3)C2O)C(O)C1O)[C@H](O)/C=C/c1cc(C(F)(F)F)cc(C)c1F. The van der Waals surface area contributed by atoms with E-state index in [0.29, 0.717) is 18.6 Å². The third kappa shape index (κ3) is 24.9. The Balaban J connectivity index is 1.26. The van der Waals surface area contributed by atoms with Crippen LogP contribution < -0.4 is 16.0 Å². The van der Waals surface area contributed by atoms with Gasteiger partial charge in [0.1, 0.15) is 122 Å². The molecule has 0 bridgehead atoms. The summed E-state index contributed by atoms with van der Waals surface area (Å²) in [5.74, 6) is -7.55. The third-order valence-electron chi connectivity index (χ3n) is 19.6. The van der Waals surface area contributed by atoms with Crippen LogP contribution >= 0.6 is 0 Å². The highest BCUT2D eigenvalue weighted by Crippen LogP contribution is 2.41. The van der Waals surface area contributed by atoms with Crippen LogP contribution in [0, 0.1) is 18.7 Å². The minimum atomic E-state index is -4.88. The summed E-state index contributed by atoms with van der Waals surface area (Å²) in [6, 6.07) is -2.47. The van der Waals surface area contributed by atoms with E-state index in [-0.39, 0.29) is 18.3 Å². The normalized spacial score (nSPS) is 35.0. The maximum absolute atomic E-state index is 15.3. The van der Waals surface area contributed by atoms with Crippen LogP contribution in [0.1, 0.15) is 147 Å². The van der Waals surface area contributed by atoms with Crippen molar-refractivity contribution < 1.29 is 166 Å². The molecule has 0 spiro atoms. The molecule has 37 heteroatoms. The van der Waals surface area contributed by atoms with Gasteiger partial charge in [-0.15, -0.1) is 0 Å². The molecule has 3 amide bonds. The van der Waals surface area contributed by atoms with Crippen LogP contribution in [0.3, 0.4) is 0 Å². The number of amides is 3. The van der Waals surface area contributed by atoms with Crippen molar-refractivity contribution in [3.05, 3.63) is 40.7 Å². The molecular weight excluding hydrogens is 1430 g/mol. The van der Waals surface area contributed by atoms with Crippen LogP contribution in [-0.4, -0.2) is 317 Å². The van der Waals surface area contributed by atoms with E-state index in [1.165, 1.54) is 51.4 Å². The standard InChI is InChI=1S/C69H111F4N3O30/c1-5-6-7-8-9-10-11-12-13-14-15-16-17-18-19-20-47(88)74-26-38(40(85)22-21-37-24-39(69(71,72)73)23-34(2)48(37)70)32-97-65-57(95)55(93)59(45(30-80)100-65)102-67-58(96)63(106-68(33-82)25-41(86)49(75-35(3)83)62(105-68)51(89)42(87)27-77)60(46(31-81)101-67)103-64-50(76-36(4)84)61(53(91)44(29-79)98-64)104-66-56(94)54(92)52(90)43(28-78)99-66/h21-24,33,38,40-46,49-67,77-81,85-87,89-96H,5-20,25-32H2,1-4H3,(H,74,88)(H,75,83)(H,76,84)/b22-21+/t38-,40+,41?,42+,43?,44?,45?,46?,49+,50?,51+,52-,53-,54?,55?,56?,57?,58?,59+,60-,61?,62?,63?,64-,65+,66-,67-,68-/m0/s1. The lowest BCUT2D eigenvalue weighted by atomic mass is 9.88. The molecule has 1 aromatic rings. The Morgan fingerprint density at radius 2 is 1.11 bits per heavy atom. The molecule has 6 rings (SSSR count). The van der Waals surface area contributed by atoms with E-state index in [9.17, 15) is 114 Å². The van der Waals surface area contributed by atoms with Gasteiger partial charge in [0, 0.05) is 44.7 Å². The average molecular weight is 1540 g/mol. The molecule has 28 atom stereocenters. The number of hydrogen-bond donors (Lipinski definition) is 19. The van der Waals surface area contributed by atoms with Gasteiger partial charge in [0.2, 0.25) is 23.5 Å². The molecular formula is C69H111F4N3O30. The van der Waals surface area contributed by atoms with Gasteiger partial charge in [-0.05, 0) is 31.0 Å². The van der Waals surface area contributed by atoms with Crippen molar-refractivity contribution in [3.63, 3.8) is 0 Å². The first-order valence-corrected chi connectivity index (χ1v) is 36.2. The Labute approximate surface area is 611 Å². The number of nitrogens with one attached hydrogen (secondary N) is 3. The molecule has 1 aromatic carbocycles. The number of hydrogen-bond acceptors (Lipinski definition) is 30. The third-order valence-corrected chi connectivity index (χ3v) is 19.6. The first kappa shape index (κ1) is 90.6. The van der Waals surface area contributed by atoms with Crippen LogP contribution in [0.2, 0.25) is 0 Å². The van der Waals surface area contributed by atoms with E-state index in [4.69, 9.17) is 47.4 Å². The van der Waals surface area contributed by atoms with Gasteiger partial charge in [0.05, 0.1) is 63.5 Å². The van der Waals surface area contributed by atoms with E-state index >= 15 is 4.39 Å². The minimum Gasteiger partial charge on any atom is -0.394 e. The molecule has 0 aromatic heterocycles. The predicted molar refractivity (Wildman–Crippen MR) is 356 cm³/mol. The van der Waals surface area contributed by atoms with Crippen molar-refractivity contribution in [1.82, 2.24) is 16.0 Å². The number of aryl methyl sites for hydroxylation is 1. The zero-order chi connectivity index (χ0) is 78.3. The highest BCUT2D eigenvalue weighted by atomic mass is 19.4. The van der Waals surface area contributed by atoms with Crippen molar-refractivity contribution in [2.45, 2.75) is 308 Å². The summed E-state index contributed by atoms with van der Waals surface area (Å²) in [6.07, 6.45) is -37.7. The van der Waals surface area contributed by atoms with Gasteiger partial charge < -0.3 is 145 Å². The molecule has 14 unspecified atom stereocenters. The van der Waals surface area contributed by atoms with Crippen LogP contribution in [-0.2, 0) is 72.7 Å². The minimum absolute atomic E-state index is 0.0645. The maximum atomic E-state index is 15.3. The van der Waals surface area contributed by atoms with Crippen LogP contribution in [0.15, 0.2) is 18.2 Å². The Morgan fingerprint density at radius 1 is 0.613 bits per heavy atom. The number of carbonyl (C=O) groups excluding carboxylic acids is 4. The zero-order valence-electron chi connectivity index (χ0n) is 59.8. The first-order chi connectivity index (χ1) is 50.3. The highest BCUT2D eigenvalue weighted by molar-refractivity contribution is 5.76. The van der Waals surface area contributed by atoms with E-state index in [0.717, 1.165) is 71.4 Å². The number of ether oxygens (including phenoxy) is 10. The molecule has 33 nitrogen and oxygen atoms in total. The quantitative estimate of drug-likeness (QED) is 0.0179. The van der Waals surface area contributed by atoms with Gasteiger partial charge in [-0.2, -0.15) is 13.2 Å². The molecule has 610 valence electrons. The fourth-order valence-electron chi connectivity index (χ4n) is 13.5. The number of benzene rings is 1. The molecule has 5 saturated heterocycles. The molecule has 0 saturated carbocycles. The first-order valence-electron chi connectivity index (χ1n) is 36.2. The average Bonchev–Trinajstić information content (AvgIpc) is 0.753. The van der Waals surface area contributed by atoms with E-state index in [1.807, 2.05) is 0 Å². The van der Waals surface area contributed by atoms with Gasteiger partial charge in [-0.1, -0.05) is 109 Å². The number of alkyl halides is 3. The number of rotatable bonds is 42. The van der Waals surface area contributed by atoms with Crippen molar-refractivity contribution >= 4 is 30.1 Å². The molecule has 0 radical (unpaired) electrons.